The summed E-state index contributed by atoms with van der Waals surface area (Å²) in [4.78, 5) is 0. The molecule has 0 unspecified atom stereocenters. The fraction of sp³-hybridized carbons (Fsp3) is 0.143. The molecule has 2 aromatic rings. The minimum absolute atomic E-state index is 0.653. The van der Waals surface area contributed by atoms with Gasteiger partial charge in [0, 0.05) is 0 Å². The molecule has 2 rings (SSSR count). The average molecular weight is 232 g/mol. The van der Waals surface area contributed by atoms with Gasteiger partial charge in [-0.05, 0) is 35.7 Å². The van der Waals surface area contributed by atoms with E-state index in [1.54, 1.807) is 7.11 Å². The first kappa shape index (κ1) is 11.0. The topological polar surface area (TPSA) is 9.23 Å². The smallest absolute Gasteiger partial charge is 0.137 e. The maximum absolute atomic E-state index is 6.06. The van der Waals surface area contributed by atoms with E-state index in [2.05, 4.69) is 12.1 Å². The van der Waals surface area contributed by atoms with Crippen molar-refractivity contribution in [2.24, 2.45) is 0 Å². The molecule has 0 amide bonds. The van der Waals surface area contributed by atoms with Gasteiger partial charge in [-0.25, -0.2) is 0 Å². The largest absolute Gasteiger partial charge is 0.495 e. The fourth-order valence-corrected chi connectivity index (χ4v) is 1.88. The van der Waals surface area contributed by atoms with Gasteiger partial charge in [-0.1, -0.05) is 41.9 Å². The van der Waals surface area contributed by atoms with Crippen LogP contribution in [0.5, 0.6) is 5.75 Å². The maximum atomic E-state index is 6.06. The minimum Gasteiger partial charge on any atom is -0.495 e. The second-order valence-electron chi connectivity index (χ2n) is 3.56. The van der Waals surface area contributed by atoms with Crippen molar-refractivity contribution < 1.29 is 4.74 Å². The number of rotatable bonds is 3. The molecule has 16 heavy (non-hydrogen) atoms. The summed E-state index contributed by atoms with van der Waals surface area (Å²) < 4.78 is 5.11. The van der Waals surface area contributed by atoms with Gasteiger partial charge in [0.1, 0.15) is 5.75 Å². The van der Waals surface area contributed by atoms with Crippen LogP contribution in [0.2, 0.25) is 5.02 Å². The van der Waals surface area contributed by atoms with Crippen molar-refractivity contribution in [2.45, 2.75) is 6.42 Å². The van der Waals surface area contributed by atoms with Gasteiger partial charge in [0.25, 0.3) is 0 Å². The van der Waals surface area contributed by atoms with E-state index in [0.717, 1.165) is 6.42 Å². The van der Waals surface area contributed by atoms with E-state index in [1.165, 1.54) is 11.1 Å². The summed E-state index contributed by atoms with van der Waals surface area (Å²) in [6.07, 6.45) is 0.862. The lowest BCUT2D eigenvalue weighted by molar-refractivity contribution is 0.415. The minimum atomic E-state index is 0.653. The zero-order valence-corrected chi connectivity index (χ0v) is 9.79. The predicted octanol–water partition coefficient (Wildman–Crippen LogP) is 3.74. The zero-order chi connectivity index (χ0) is 11.4. The fourth-order valence-electron chi connectivity index (χ4n) is 1.60. The average Bonchev–Trinajstić information content (AvgIpc) is 2.31. The van der Waals surface area contributed by atoms with Crippen LogP contribution >= 0.6 is 11.6 Å². The highest BCUT2D eigenvalue weighted by molar-refractivity contribution is 6.32. The molecule has 0 bridgehead atoms. The number of benzene rings is 2. The number of hydrogen-bond donors (Lipinski definition) is 0. The summed E-state index contributed by atoms with van der Waals surface area (Å²) >= 11 is 6.06. The molecule has 0 aliphatic heterocycles. The van der Waals surface area contributed by atoms with Crippen molar-refractivity contribution in [1.82, 2.24) is 0 Å². The van der Waals surface area contributed by atoms with Crippen LogP contribution in [0.4, 0.5) is 0 Å². The van der Waals surface area contributed by atoms with E-state index in [-0.39, 0.29) is 0 Å². The first-order valence-corrected chi connectivity index (χ1v) is 5.45. The molecule has 81 valence electrons. The van der Waals surface area contributed by atoms with E-state index in [1.807, 2.05) is 36.4 Å². The second kappa shape index (κ2) is 5.04. The van der Waals surface area contributed by atoms with Crippen molar-refractivity contribution in [1.29, 1.82) is 0 Å². The molecule has 2 heteroatoms. The van der Waals surface area contributed by atoms with Crippen LogP contribution in [0.15, 0.2) is 42.5 Å². The molecule has 0 saturated heterocycles. The Morgan fingerprint density at radius 2 is 2.12 bits per heavy atom. The van der Waals surface area contributed by atoms with Gasteiger partial charge in [-0.3, -0.25) is 0 Å². The van der Waals surface area contributed by atoms with Crippen molar-refractivity contribution in [2.75, 3.05) is 7.11 Å². The molecule has 0 N–H and O–H groups in total. The molecular formula is C14H12ClO. The lowest BCUT2D eigenvalue weighted by Crippen LogP contribution is -1.90. The van der Waals surface area contributed by atoms with Gasteiger partial charge in [0.2, 0.25) is 0 Å². The summed E-state index contributed by atoms with van der Waals surface area (Å²) in [7, 11) is 1.62. The second-order valence-corrected chi connectivity index (χ2v) is 3.96. The van der Waals surface area contributed by atoms with E-state index < -0.39 is 0 Å². The monoisotopic (exact) mass is 231 g/mol. The number of hydrogen-bond acceptors (Lipinski definition) is 1. The van der Waals surface area contributed by atoms with Crippen LogP contribution in [-0.2, 0) is 6.42 Å². The lowest BCUT2D eigenvalue weighted by Gasteiger charge is -2.06. The molecule has 0 heterocycles. The normalized spacial score (nSPS) is 10.1. The molecule has 1 radical (unpaired) electrons. The first-order chi connectivity index (χ1) is 7.79. The highest BCUT2D eigenvalue weighted by Crippen LogP contribution is 2.25. The van der Waals surface area contributed by atoms with Crippen molar-refractivity contribution in [3.05, 3.63) is 64.7 Å². The van der Waals surface area contributed by atoms with Crippen LogP contribution in [0, 0.1) is 6.07 Å². The third-order valence-electron chi connectivity index (χ3n) is 2.40. The molecule has 0 fully saturated rings. The molecule has 2 aromatic carbocycles. The third-order valence-corrected chi connectivity index (χ3v) is 2.69. The predicted molar refractivity (Wildman–Crippen MR) is 66.1 cm³/mol. The first-order valence-electron chi connectivity index (χ1n) is 5.07. The van der Waals surface area contributed by atoms with Crippen molar-refractivity contribution in [3.63, 3.8) is 0 Å². The lowest BCUT2D eigenvalue weighted by atomic mass is 10.1. The van der Waals surface area contributed by atoms with Gasteiger partial charge >= 0.3 is 0 Å². The van der Waals surface area contributed by atoms with Crippen LogP contribution in [0.1, 0.15) is 11.1 Å². The Kier molecular flexibility index (Phi) is 3.47. The van der Waals surface area contributed by atoms with E-state index >= 15 is 0 Å². The highest BCUT2D eigenvalue weighted by atomic mass is 35.5. The quantitative estimate of drug-likeness (QED) is 0.782. The Labute approximate surface area is 101 Å². The molecule has 1 nitrogen and oxygen atoms in total. The summed E-state index contributed by atoms with van der Waals surface area (Å²) in [6.45, 7) is 0. The molecule has 0 aromatic heterocycles. The third kappa shape index (κ3) is 2.56. The van der Waals surface area contributed by atoms with Gasteiger partial charge in [0.15, 0.2) is 0 Å². The van der Waals surface area contributed by atoms with Crippen LogP contribution in [0.3, 0.4) is 0 Å². The molecule has 0 saturated carbocycles. The van der Waals surface area contributed by atoms with E-state index in [0.29, 0.717) is 10.8 Å². The van der Waals surface area contributed by atoms with Crippen molar-refractivity contribution >= 4 is 11.6 Å². The summed E-state index contributed by atoms with van der Waals surface area (Å²) in [5.41, 5.74) is 2.40. The van der Waals surface area contributed by atoms with Gasteiger partial charge in [0.05, 0.1) is 12.1 Å². The van der Waals surface area contributed by atoms with Crippen molar-refractivity contribution in [3.8, 4) is 5.75 Å². The SMILES string of the molecule is COc1ccc(Cc2c[c]ccc2)cc1Cl. The van der Waals surface area contributed by atoms with E-state index in [9.17, 15) is 0 Å². The molecule has 0 aliphatic rings. The van der Waals surface area contributed by atoms with Gasteiger partial charge in [-0.15, -0.1) is 0 Å². The maximum Gasteiger partial charge on any atom is 0.137 e. The molecule has 0 spiro atoms. The van der Waals surface area contributed by atoms with Gasteiger partial charge < -0.3 is 4.74 Å². The summed E-state index contributed by atoms with van der Waals surface area (Å²) in [6, 6.07) is 16.9. The van der Waals surface area contributed by atoms with Crippen LogP contribution < -0.4 is 4.74 Å². The highest BCUT2D eigenvalue weighted by Gasteiger charge is 2.02. The number of ether oxygens (including phenoxy) is 1. The Balaban J connectivity index is 2.20. The number of halogens is 1. The standard InChI is InChI=1S/C14H12ClO/c1-16-14-8-7-12(10-13(14)15)9-11-5-3-2-4-6-11/h2-3,5-8,10H,9H2,1H3. The van der Waals surface area contributed by atoms with E-state index in [4.69, 9.17) is 16.3 Å². The summed E-state index contributed by atoms with van der Waals surface area (Å²) in [5, 5.41) is 0.653. The number of methoxy groups -OCH3 is 1. The zero-order valence-electron chi connectivity index (χ0n) is 9.03. The Morgan fingerprint density at radius 3 is 2.75 bits per heavy atom. The van der Waals surface area contributed by atoms with Gasteiger partial charge in [-0.2, -0.15) is 0 Å². The van der Waals surface area contributed by atoms with Crippen LogP contribution in [0.25, 0.3) is 0 Å². The Morgan fingerprint density at radius 1 is 1.25 bits per heavy atom. The van der Waals surface area contributed by atoms with Crippen LogP contribution in [-0.4, -0.2) is 7.11 Å². The molecular weight excluding hydrogens is 220 g/mol. The molecule has 0 atom stereocenters. The molecule has 0 aliphatic carbocycles. The summed E-state index contributed by atoms with van der Waals surface area (Å²) in [5.74, 6) is 0.713. The Bertz CT molecular complexity index is 465. The Hall–Kier alpha value is -1.47.